The van der Waals surface area contributed by atoms with E-state index in [0.717, 1.165) is 16.5 Å². The van der Waals surface area contributed by atoms with Crippen LogP contribution >= 0.6 is 0 Å². The van der Waals surface area contributed by atoms with Gasteiger partial charge in [-0.1, -0.05) is 24.3 Å². The van der Waals surface area contributed by atoms with E-state index in [1.54, 1.807) is 24.4 Å². The minimum atomic E-state index is -0.490. The van der Waals surface area contributed by atoms with Gasteiger partial charge in [0.25, 0.3) is 0 Å². The number of rotatable bonds is 4. The summed E-state index contributed by atoms with van der Waals surface area (Å²) in [7, 11) is 1.29. The highest BCUT2D eigenvalue weighted by Crippen LogP contribution is 2.27. The van der Waals surface area contributed by atoms with Crippen molar-refractivity contribution in [2.45, 2.75) is 0 Å². The van der Waals surface area contributed by atoms with Gasteiger partial charge in [-0.15, -0.1) is 0 Å². The quantitative estimate of drug-likeness (QED) is 0.517. The normalized spacial score (nSPS) is 10.9. The number of pyridine rings is 1. The molecule has 0 unspecified atom stereocenters. The van der Waals surface area contributed by atoms with Gasteiger partial charge in [0.1, 0.15) is 17.6 Å². The zero-order valence-corrected chi connectivity index (χ0v) is 14.5. The number of carbonyl (C=O) groups is 1. The third-order valence-electron chi connectivity index (χ3n) is 4.25. The maximum Gasteiger partial charge on any atom is 0.343 e. The van der Waals surface area contributed by atoms with E-state index in [2.05, 4.69) is 9.72 Å². The highest BCUT2D eigenvalue weighted by Gasteiger charge is 2.13. The van der Waals surface area contributed by atoms with Gasteiger partial charge < -0.3 is 13.9 Å². The van der Waals surface area contributed by atoms with Crippen LogP contribution in [0.1, 0.15) is 0 Å². The predicted molar refractivity (Wildman–Crippen MR) is 101 cm³/mol. The number of para-hydroxylation sites is 1. The first-order chi connectivity index (χ1) is 13.2. The van der Waals surface area contributed by atoms with E-state index in [1.165, 1.54) is 13.4 Å². The second-order valence-electron chi connectivity index (χ2n) is 5.88. The number of hydrogen-bond acceptors (Lipinski definition) is 6. The largest absolute Gasteiger partial charge is 0.482 e. The van der Waals surface area contributed by atoms with E-state index < -0.39 is 5.97 Å². The lowest BCUT2D eigenvalue weighted by Crippen LogP contribution is -2.12. The van der Waals surface area contributed by atoms with Gasteiger partial charge in [0.05, 0.1) is 23.6 Å². The Hall–Kier alpha value is -3.67. The summed E-state index contributed by atoms with van der Waals surface area (Å²) in [6.45, 7) is -0.216. The Bertz CT molecular complexity index is 1210. The van der Waals surface area contributed by atoms with Crippen molar-refractivity contribution in [2.24, 2.45) is 0 Å². The second kappa shape index (κ2) is 6.92. The molecule has 0 bridgehead atoms. The Kier molecular flexibility index (Phi) is 4.30. The summed E-state index contributed by atoms with van der Waals surface area (Å²) in [6, 6.07) is 14.3. The number of carbonyl (C=O) groups excluding carboxylic acids is 1. The van der Waals surface area contributed by atoms with Gasteiger partial charge in [0.15, 0.2) is 6.61 Å². The molecule has 0 saturated heterocycles. The summed E-state index contributed by atoms with van der Waals surface area (Å²) in [4.78, 5) is 28.6. The molecule has 0 amide bonds. The zero-order valence-electron chi connectivity index (χ0n) is 14.5. The first kappa shape index (κ1) is 16.8. The molecule has 0 spiro atoms. The van der Waals surface area contributed by atoms with Crippen molar-refractivity contribution in [2.75, 3.05) is 13.7 Å². The van der Waals surface area contributed by atoms with Crippen molar-refractivity contribution in [1.29, 1.82) is 0 Å². The van der Waals surface area contributed by atoms with Crippen LogP contribution in [-0.4, -0.2) is 24.7 Å². The molecule has 0 radical (unpaired) electrons. The molecule has 2 heterocycles. The van der Waals surface area contributed by atoms with E-state index in [4.69, 9.17) is 9.15 Å². The lowest BCUT2D eigenvalue weighted by Gasteiger charge is -2.08. The number of ether oxygens (including phenoxy) is 2. The summed E-state index contributed by atoms with van der Waals surface area (Å²) in [5, 5.41) is 1.37. The number of esters is 1. The first-order valence-corrected chi connectivity index (χ1v) is 8.26. The van der Waals surface area contributed by atoms with Gasteiger partial charge in [-0.3, -0.25) is 9.78 Å². The summed E-state index contributed by atoms with van der Waals surface area (Å²) in [5.74, 6) is -0.0778. The molecule has 0 saturated carbocycles. The smallest absolute Gasteiger partial charge is 0.343 e. The fourth-order valence-corrected chi connectivity index (χ4v) is 2.91. The average molecular weight is 361 g/mol. The molecule has 27 heavy (non-hydrogen) atoms. The van der Waals surface area contributed by atoms with E-state index >= 15 is 0 Å². The summed E-state index contributed by atoms with van der Waals surface area (Å²) in [5.41, 5.74) is 2.11. The molecule has 6 heteroatoms. The maximum absolute atomic E-state index is 13.0. The van der Waals surface area contributed by atoms with Crippen molar-refractivity contribution < 1.29 is 18.7 Å². The zero-order chi connectivity index (χ0) is 18.8. The highest BCUT2D eigenvalue weighted by molar-refractivity contribution is 5.95. The van der Waals surface area contributed by atoms with Crippen LogP contribution in [0.15, 0.2) is 70.2 Å². The summed E-state index contributed by atoms with van der Waals surface area (Å²) in [6.07, 6.45) is 3.12. The lowest BCUT2D eigenvalue weighted by atomic mass is 10.0. The summed E-state index contributed by atoms with van der Waals surface area (Å²) >= 11 is 0. The van der Waals surface area contributed by atoms with Gasteiger partial charge >= 0.3 is 5.97 Å². The molecule has 4 aromatic rings. The van der Waals surface area contributed by atoms with Crippen LogP contribution in [0.3, 0.4) is 0 Å². The molecule has 0 aliphatic rings. The monoisotopic (exact) mass is 361 g/mol. The predicted octanol–water partition coefficient (Wildman–Crippen LogP) is 3.56. The standard InChI is InChI=1S/C21H15NO5/c1-25-19(23)12-26-14-7-8-16-18(10-14)27-11-17(21(16)24)15-6-2-4-13-5-3-9-22-20(13)15/h2-11H,12H2,1H3. The molecule has 2 aromatic heterocycles. The van der Waals surface area contributed by atoms with Crippen LogP contribution in [0, 0.1) is 0 Å². The highest BCUT2D eigenvalue weighted by atomic mass is 16.6. The van der Waals surface area contributed by atoms with Crippen LogP contribution in [0.25, 0.3) is 33.0 Å². The minimum absolute atomic E-state index is 0.158. The molecule has 0 N–H and O–H groups in total. The van der Waals surface area contributed by atoms with Gasteiger partial charge in [0.2, 0.25) is 5.43 Å². The number of hydrogen-bond donors (Lipinski definition) is 0. The third-order valence-corrected chi connectivity index (χ3v) is 4.25. The maximum atomic E-state index is 13.0. The topological polar surface area (TPSA) is 78.6 Å². The van der Waals surface area contributed by atoms with Crippen molar-refractivity contribution in [1.82, 2.24) is 4.98 Å². The number of aromatic nitrogens is 1. The van der Waals surface area contributed by atoms with Gasteiger partial charge in [-0.25, -0.2) is 4.79 Å². The van der Waals surface area contributed by atoms with Crippen LogP contribution < -0.4 is 10.2 Å². The second-order valence-corrected chi connectivity index (χ2v) is 5.88. The lowest BCUT2D eigenvalue weighted by molar-refractivity contribution is -0.142. The molecule has 4 rings (SSSR count). The first-order valence-electron chi connectivity index (χ1n) is 8.26. The number of fused-ring (bicyclic) bond motifs is 2. The Labute approximate surface area is 154 Å². The molecule has 134 valence electrons. The van der Waals surface area contributed by atoms with Crippen LogP contribution in [0.4, 0.5) is 0 Å². The van der Waals surface area contributed by atoms with E-state index in [9.17, 15) is 9.59 Å². The molecule has 0 aliphatic carbocycles. The molecule has 0 aliphatic heterocycles. The van der Waals surface area contributed by atoms with E-state index in [-0.39, 0.29) is 12.0 Å². The SMILES string of the molecule is COC(=O)COc1ccc2c(=O)c(-c3cccc4cccnc34)coc2c1. The number of methoxy groups -OCH3 is 1. The fraction of sp³-hybridized carbons (Fsp3) is 0.0952. The molecular weight excluding hydrogens is 346 g/mol. The van der Waals surface area contributed by atoms with E-state index in [1.807, 2.05) is 30.3 Å². The van der Waals surface area contributed by atoms with Crippen LogP contribution in [0.5, 0.6) is 5.75 Å². The molecular formula is C21H15NO5. The van der Waals surface area contributed by atoms with Gasteiger partial charge in [0, 0.05) is 23.2 Å². The number of nitrogens with zero attached hydrogens (tertiary/aromatic N) is 1. The van der Waals surface area contributed by atoms with Crippen molar-refractivity contribution >= 4 is 27.8 Å². The Balaban J connectivity index is 1.78. The van der Waals surface area contributed by atoms with Gasteiger partial charge in [-0.2, -0.15) is 0 Å². The minimum Gasteiger partial charge on any atom is -0.482 e. The summed E-state index contributed by atoms with van der Waals surface area (Å²) < 4.78 is 15.5. The van der Waals surface area contributed by atoms with Crippen molar-refractivity contribution in [3.8, 4) is 16.9 Å². The Morgan fingerprint density at radius 1 is 1.11 bits per heavy atom. The van der Waals surface area contributed by atoms with E-state index in [0.29, 0.717) is 22.3 Å². The van der Waals surface area contributed by atoms with Crippen LogP contribution in [0.2, 0.25) is 0 Å². The fourth-order valence-electron chi connectivity index (χ4n) is 2.91. The van der Waals surface area contributed by atoms with Crippen molar-refractivity contribution in [3.63, 3.8) is 0 Å². The van der Waals surface area contributed by atoms with Gasteiger partial charge in [-0.05, 0) is 18.2 Å². The van der Waals surface area contributed by atoms with Crippen LogP contribution in [-0.2, 0) is 9.53 Å². The molecule has 0 fully saturated rings. The number of benzene rings is 2. The Morgan fingerprint density at radius 2 is 1.96 bits per heavy atom. The molecule has 0 atom stereocenters. The Morgan fingerprint density at radius 3 is 2.81 bits per heavy atom. The molecule has 2 aromatic carbocycles. The molecule has 6 nitrogen and oxygen atoms in total. The van der Waals surface area contributed by atoms with Crippen molar-refractivity contribution in [3.05, 3.63) is 71.2 Å². The third kappa shape index (κ3) is 3.13. The average Bonchev–Trinajstić information content (AvgIpc) is 2.72.